The van der Waals surface area contributed by atoms with Gasteiger partial charge in [0.1, 0.15) is 5.76 Å². The van der Waals surface area contributed by atoms with Crippen LogP contribution in [0.5, 0.6) is 0 Å². The van der Waals surface area contributed by atoms with Gasteiger partial charge in [-0.05, 0) is 13.0 Å². The summed E-state index contributed by atoms with van der Waals surface area (Å²) < 4.78 is 7.23. The second-order valence-electron chi connectivity index (χ2n) is 4.59. The van der Waals surface area contributed by atoms with E-state index in [9.17, 15) is 14.9 Å². The van der Waals surface area contributed by atoms with Crippen molar-refractivity contribution < 1.29 is 14.2 Å². The number of hydrogen-bond acceptors (Lipinski definition) is 6. The number of carbonyl (C=O) groups excluding carboxylic acids is 1. The van der Waals surface area contributed by atoms with E-state index in [0.717, 1.165) is 5.52 Å². The standard InChI is InChI=1S/C13H10N4O4S/c1-7-5-9(15-21-7)12(18)14-13-16(2)10-4-3-8(17(19)20)6-11(10)22-13/h3-6H,1-2H3. The average molecular weight is 318 g/mol. The fourth-order valence-electron chi connectivity index (χ4n) is 1.95. The lowest BCUT2D eigenvalue weighted by Crippen LogP contribution is -2.13. The van der Waals surface area contributed by atoms with E-state index in [1.807, 2.05) is 0 Å². The first kappa shape index (κ1) is 14.1. The first-order chi connectivity index (χ1) is 10.5. The van der Waals surface area contributed by atoms with Crippen molar-refractivity contribution in [2.45, 2.75) is 6.92 Å². The number of hydrogen-bond donors (Lipinski definition) is 0. The summed E-state index contributed by atoms with van der Waals surface area (Å²) in [7, 11) is 1.74. The molecule has 112 valence electrons. The van der Waals surface area contributed by atoms with Crippen LogP contribution < -0.4 is 4.80 Å². The van der Waals surface area contributed by atoms with Crippen molar-refractivity contribution in [2.75, 3.05) is 0 Å². The van der Waals surface area contributed by atoms with Gasteiger partial charge in [0.2, 0.25) is 0 Å². The molecule has 2 heterocycles. The molecule has 0 N–H and O–H groups in total. The number of nitro benzene ring substituents is 1. The van der Waals surface area contributed by atoms with Gasteiger partial charge in [0.15, 0.2) is 10.5 Å². The molecular formula is C13H10N4O4S. The van der Waals surface area contributed by atoms with E-state index in [-0.39, 0.29) is 11.4 Å². The molecule has 1 amide bonds. The van der Waals surface area contributed by atoms with Crippen LogP contribution >= 0.6 is 11.3 Å². The maximum Gasteiger partial charge on any atom is 0.301 e. The summed E-state index contributed by atoms with van der Waals surface area (Å²) in [6, 6.07) is 6.02. The second kappa shape index (κ2) is 5.19. The van der Waals surface area contributed by atoms with Crippen molar-refractivity contribution in [3.8, 4) is 0 Å². The SMILES string of the molecule is Cc1cc(C(=O)N=c2sc3cc([N+](=O)[O-])ccc3n2C)no1. The van der Waals surface area contributed by atoms with Gasteiger partial charge in [-0.2, -0.15) is 4.99 Å². The zero-order valence-electron chi connectivity index (χ0n) is 11.6. The molecule has 3 aromatic rings. The van der Waals surface area contributed by atoms with Gasteiger partial charge in [0.25, 0.3) is 5.69 Å². The van der Waals surface area contributed by atoms with Crippen LogP contribution in [-0.2, 0) is 7.05 Å². The van der Waals surface area contributed by atoms with Crippen LogP contribution in [-0.4, -0.2) is 20.6 Å². The molecule has 0 saturated heterocycles. The number of non-ortho nitro benzene ring substituents is 1. The topological polar surface area (TPSA) is 104 Å². The highest BCUT2D eigenvalue weighted by atomic mass is 32.1. The molecule has 0 radical (unpaired) electrons. The van der Waals surface area contributed by atoms with E-state index in [1.54, 1.807) is 24.6 Å². The minimum absolute atomic E-state index is 0.000599. The molecule has 0 aliphatic carbocycles. The van der Waals surface area contributed by atoms with Gasteiger partial charge in [0.05, 0.1) is 15.1 Å². The lowest BCUT2D eigenvalue weighted by Gasteiger charge is -1.94. The Morgan fingerprint density at radius 1 is 1.45 bits per heavy atom. The number of benzene rings is 1. The number of rotatable bonds is 2. The van der Waals surface area contributed by atoms with Crippen molar-refractivity contribution >= 4 is 33.1 Å². The number of aryl methyl sites for hydroxylation is 2. The van der Waals surface area contributed by atoms with E-state index in [1.165, 1.54) is 29.5 Å². The minimum Gasteiger partial charge on any atom is -0.361 e. The fraction of sp³-hybridized carbons (Fsp3) is 0.154. The van der Waals surface area contributed by atoms with Crippen molar-refractivity contribution in [3.05, 3.63) is 50.6 Å². The minimum atomic E-state index is -0.520. The Morgan fingerprint density at radius 2 is 2.23 bits per heavy atom. The van der Waals surface area contributed by atoms with Crippen LogP contribution in [0.25, 0.3) is 10.2 Å². The third-order valence-electron chi connectivity index (χ3n) is 3.05. The van der Waals surface area contributed by atoms with Crippen LogP contribution in [0.15, 0.2) is 33.8 Å². The highest BCUT2D eigenvalue weighted by Gasteiger charge is 2.13. The molecule has 8 nitrogen and oxygen atoms in total. The smallest absolute Gasteiger partial charge is 0.301 e. The Kier molecular flexibility index (Phi) is 3.33. The molecular weight excluding hydrogens is 308 g/mol. The number of thiazole rings is 1. The van der Waals surface area contributed by atoms with Gasteiger partial charge in [-0.25, -0.2) is 0 Å². The Balaban J connectivity index is 2.10. The number of amides is 1. The fourth-order valence-corrected chi connectivity index (χ4v) is 3.00. The van der Waals surface area contributed by atoms with E-state index >= 15 is 0 Å². The molecule has 0 aliphatic rings. The summed E-state index contributed by atoms with van der Waals surface area (Å²) >= 11 is 1.20. The molecule has 0 atom stereocenters. The van der Waals surface area contributed by atoms with Gasteiger partial charge >= 0.3 is 5.91 Å². The molecule has 22 heavy (non-hydrogen) atoms. The summed E-state index contributed by atoms with van der Waals surface area (Å²) in [6.45, 7) is 1.68. The third-order valence-corrected chi connectivity index (χ3v) is 4.14. The monoisotopic (exact) mass is 318 g/mol. The Hall–Kier alpha value is -2.81. The number of fused-ring (bicyclic) bond motifs is 1. The molecule has 3 rings (SSSR count). The molecule has 0 unspecified atom stereocenters. The highest BCUT2D eigenvalue weighted by Crippen LogP contribution is 2.22. The molecule has 0 aliphatic heterocycles. The van der Waals surface area contributed by atoms with Crippen LogP contribution in [0.3, 0.4) is 0 Å². The first-order valence-electron chi connectivity index (χ1n) is 6.22. The van der Waals surface area contributed by atoms with Crippen LogP contribution in [0, 0.1) is 17.0 Å². The maximum absolute atomic E-state index is 12.0. The number of nitro groups is 1. The van der Waals surface area contributed by atoms with Gasteiger partial charge < -0.3 is 9.09 Å². The second-order valence-corrected chi connectivity index (χ2v) is 5.60. The lowest BCUT2D eigenvalue weighted by atomic mass is 10.3. The maximum atomic E-state index is 12.0. The van der Waals surface area contributed by atoms with Crippen LogP contribution in [0.2, 0.25) is 0 Å². The average Bonchev–Trinajstić information content (AvgIpc) is 3.03. The Bertz CT molecular complexity index is 966. The number of carbonyl (C=O) groups is 1. The lowest BCUT2D eigenvalue weighted by molar-refractivity contribution is -0.384. The summed E-state index contributed by atoms with van der Waals surface area (Å²) in [4.78, 5) is 26.8. The molecule has 9 heteroatoms. The van der Waals surface area contributed by atoms with Crippen molar-refractivity contribution in [2.24, 2.45) is 12.0 Å². The summed E-state index contributed by atoms with van der Waals surface area (Å²) in [5.41, 5.74) is 0.888. The van der Waals surface area contributed by atoms with Crippen molar-refractivity contribution in [1.82, 2.24) is 9.72 Å². The Labute approximate surface area is 127 Å². The number of aromatic nitrogens is 2. The molecule has 1 aromatic carbocycles. The molecule has 0 fully saturated rings. The summed E-state index contributed by atoms with van der Waals surface area (Å²) in [6.07, 6.45) is 0. The predicted octanol–water partition coefficient (Wildman–Crippen LogP) is 2.19. The van der Waals surface area contributed by atoms with Gasteiger partial charge in [-0.1, -0.05) is 16.5 Å². The molecule has 0 bridgehead atoms. The molecule has 0 spiro atoms. The summed E-state index contributed by atoms with van der Waals surface area (Å²) in [5, 5.41) is 14.4. The van der Waals surface area contributed by atoms with Crippen LogP contribution in [0.4, 0.5) is 5.69 Å². The van der Waals surface area contributed by atoms with Crippen LogP contribution in [0.1, 0.15) is 16.2 Å². The Morgan fingerprint density at radius 3 is 2.86 bits per heavy atom. The summed E-state index contributed by atoms with van der Waals surface area (Å²) in [5.74, 6) is 0.00314. The van der Waals surface area contributed by atoms with Gasteiger partial charge in [-0.3, -0.25) is 14.9 Å². The predicted molar refractivity (Wildman–Crippen MR) is 78.6 cm³/mol. The van der Waals surface area contributed by atoms with E-state index < -0.39 is 10.8 Å². The zero-order valence-corrected chi connectivity index (χ0v) is 12.5. The largest absolute Gasteiger partial charge is 0.361 e. The van der Waals surface area contributed by atoms with E-state index in [4.69, 9.17) is 4.52 Å². The van der Waals surface area contributed by atoms with Crippen molar-refractivity contribution in [1.29, 1.82) is 0 Å². The first-order valence-corrected chi connectivity index (χ1v) is 7.03. The quantitative estimate of drug-likeness (QED) is 0.532. The van der Waals surface area contributed by atoms with E-state index in [2.05, 4.69) is 10.1 Å². The van der Waals surface area contributed by atoms with Crippen molar-refractivity contribution in [3.63, 3.8) is 0 Å². The zero-order chi connectivity index (χ0) is 15.9. The normalized spacial score (nSPS) is 12.0. The van der Waals surface area contributed by atoms with Gasteiger partial charge in [0, 0.05) is 25.2 Å². The molecule has 0 saturated carbocycles. The van der Waals surface area contributed by atoms with Gasteiger partial charge in [-0.15, -0.1) is 0 Å². The number of nitrogens with zero attached hydrogens (tertiary/aromatic N) is 4. The van der Waals surface area contributed by atoms with E-state index in [0.29, 0.717) is 15.3 Å². The molecule has 2 aromatic heterocycles. The highest BCUT2D eigenvalue weighted by molar-refractivity contribution is 7.16. The third kappa shape index (κ3) is 2.42.